The average molecular weight is 562 g/mol. The van der Waals surface area contributed by atoms with Crippen LogP contribution in [0.3, 0.4) is 0 Å². The number of thiol groups is 1. The SMILES string of the molecule is CC(C)CCCCCCCCC[CH2][Zn][CH2]CCCCCCCCCC(C)C.OP(O)(=S)S. The molecule has 6 heteroatoms. The van der Waals surface area contributed by atoms with Crippen molar-refractivity contribution in [1.29, 1.82) is 0 Å². The monoisotopic (exact) mass is 560 g/mol. The molecule has 0 saturated heterocycles. The quantitative estimate of drug-likeness (QED) is 0.0532. The zero-order valence-corrected chi connectivity index (χ0v) is 27.8. The van der Waals surface area contributed by atoms with E-state index in [0.717, 1.165) is 11.8 Å². The minimum absolute atomic E-state index is 0.125. The van der Waals surface area contributed by atoms with E-state index in [-0.39, 0.29) is 17.1 Å². The van der Waals surface area contributed by atoms with Crippen LogP contribution in [0.4, 0.5) is 0 Å². The third-order valence-electron chi connectivity index (χ3n) is 6.06. The van der Waals surface area contributed by atoms with Gasteiger partial charge in [0.25, 0.3) is 0 Å². The second-order valence-electron chi connectivity index (χ2n) is 10.6. The summed E-state index contributed by atoms with van der Waals surface area (Å²) in [6.45, 7) is 9.39. The summed E-state index contributed by atoms with van der Waals surface area (Å²) in [5.74, 6) is 1.81. The number of rotatable bonds is 22. The Labute approximate surface area is 220 Å². The van der Waals surface area contributed by atoms with Gasteiger partial charge in [-0.2, -0.15) is 0 Å². The molecule has 2 nitrogen and oxygen atoms in total. The minimum atomic E-state index is -3.11. The van der Waals surface area contributed by atoms with E-state index in [4.69, 9.17) is 9.79 Å². The van der Waals surface area contributed by atoms with Crippen molar-refractivity contribution in [3.63, 3.8) is 0 Å². The predicted molar refractivity (Wildman–Crippen MR) is 150 cm³/mol. The Hall–Kier alpha value is 1.54. The van der Waals surface area contributed by atoms with E-state index in [9.17, 15) is 0 Å². The van der Waals surface area contributed by atoms with Crippen molar-refractivity contribution >= 4 is 29.7 Å². The molecule has 0 saturated carbocycles. The summed E-state index contributed by atoms with van der Waals surface area (Å²) in [6, 6.07) is 0. The third-order valence-corrected chi connectivity index (χ3v) is 10.3. The molecule has 2 N–H and O–H groups in total. The number of hydrogen-bond acceptors (Lipinski definition) is 1. The Morgan fingerprint density at radius 3 is 1.03 bits per heavy atom. The van der Waals surface area contributed by atoms with Gasteiger partial charge >= 0.3 is 182 Å². The third kappa shape index (κ3) is 45.1. The number of unbranched alkanes of at least 4 members (excludes halogenated alkanes) is 14. The minimum Gasteiger partial charge on any atom is -0.338 e. The molecule has 0 aliphatic carbocycles. The fourth-order valence-electron chi connectivity index (χ4n) is 4.11. The average Bonchev–Trinajstić information content (AvgIpc) is 2.67. The van der Waals surface area contributed by atoms with Crippen LogP contribution in [0.5, 0.6) is 0 Å². The van der Waals surface area contributed by atoms with Gasteiger partial charge in [-0.05, 0) is 11.8 Å². The van der Waals surface area contributed by atoms with Gasteiger partial charge in [0, 0.05) is 0 Å². The molecule has 0 amide bonds. The van der Waals surface area contributed by atoms with Gasteiger partial charge in [0.1, 0.15) is 0 Å². The maximum absolute atomic E-state index is 7.87. The van der Waals surface area contributed by atoms with Crippen molar-refractivity contribution in [2.24, 2.45) is 11.8 Å². The van der Waals surface area contributed by atoms with Gasteiger partial charge in [0.2, 0.25) is 5.69 Å². The molecular formula is C26H57O2PS2Zn. The van der Waals surface area contributed by atoms with Crippen molar-refractivity contribution < 1.29 is 26.9 Å². The van der Waals surface area contributed by atoms with Crippen LogP contribution in [0.1, 0.15) is 143 Å². The second kappa shape index (κ2) is 27.1. The molecule has 0 radical (unpaired) electrons. The van der Waals surface area contributed by atoms with Crippen LogP contribution < -0.4 is 0 Å². The van der Waals surface area contributed by atoms with Gasteiger partial charge in [-0.1, -0.05) is 12.2 Å². The zero-order chi connectivity index (χ0) is 24.5. The Balaban J connectivity index is 0. The first-order chi connectivity index (χ1) is 15.1. The molecule has 0 atom stereocenters. The molecule has 192 valence electrons. The fraction of sp³-hybridized carbons (Fsp3) is 1.00. The number of hydrogen-bond donors (Lipinski definition) is 3. The first kappa shape index (κ1) is 35.7. The van der Waals surface area contributed by atoms with Crippen molar-refractivity contribution in [3.8, 4) is 0 Å². The molecule has 0 spiro atoms. The molecule has 0 bridgehead atoms. The summed E-state index contributed by atoms with van der Waals surface area (Å²) in [4.78, 5) is 15.7. The van der Waals surface area contributed by atoms with Gasteiger partial charge < -0.3 is 9.79 Å². The topological polar surface area (TPSA) is 40.5 Å². The summed E-state index contributed by atoms with van der Waals surface area (Å²) < 4.78 is 0. The van der Waals surface area contributed by atoms with Gasteiger partial charge in [0.05, 0.1) is 0 Å². The van der Waals surface area contributed by atoms with E-state index < -0.39 is 5.69 Å². The predicted octanol–water partition coefficient (Wildman–Crippen LogP) is 10.4. The molecule has 0 aromatic carbocycles. The molecule has 0 aromatic rings. The van der Waals surface area contributed by atoms with Crippen LogP contribution in [-0.4, -0.2) is 9.79 Å². The summed E-state index contributed by atoms with van der Waals surface area (Å²) in [6.07, 6.45) is 27.0. The smallest absolute Gasteiger partial charge is 0.338 e. The van der Waals surface area contributed by atoms with Crippen LogP contribution in [0, 0.1) is 11.8 Å². The van der Waals surface area contributed by atoms with E-state index in [2.05, 4.69) is 51.8 Å². The molecule has 0 rings (SSSR count). The van der Waals surface area contributed by atoms with Crippen LogP contribution in [-0.2, 0) is 28.9 Å². The van der Waals surface area contributed by atoms with Crippen LogP contribution in [0.2, 0.25) is 10.0 Å². The van der Waals surface area contributed by atoms with Crippen molar-refractivity contribution in [2.45, 2.75) is 153 Å². The van der Waals surface area contributed by atoms with Gasteiger partial charge in [0.15, 0.2) is 0 Å². The standard InChI is InChI=1S/2C13H27.H3O2PS2.Zn/c2*1-4-5-6-7-8-9-10-11-12-13(2)3;1-3(2,4)5;/h2*13H,1,4-12H2,2-3H3;(H3,1,2,4,5);. The van der Waals surface area contributed by atoms with E-state index in [1.165, 1.54) is 103 Å². The van der Waals surface area contributed by atoms with E-state index in [0.29, 0.717) is 0 Å². The van der Waals surface area contributed by atoms with Gasteiger partial charge in [-0.3, -0.25) is 0 Å². The molecule has 0 aliphatic heterocycles. The molecule has 0 aliphatic rings. The summed E-state index contributed by atoms with van der Waals surface area (Å²) in [5, 5.41) is 3.36. The zero-order valence-electron chi connectivity index (χ0n) is 22.2. The Kier molecular flexibility index (Phi) is 30.3. The Morgan fingerprint density at radius 2 is 0.781 bits per heavy atom. The summed E-state index contributed by atoms with van der Waals surface area (Å²) in [5.41, 5.74) is -3.11. The normalized spacial score (nSPS) is 11.5. The second-order valence-corrected chi connectivity index (χ2v) is 20.1. The van der Waals surface area contributed by atoms with Crippen LogP contribution >= 0.6 is 17.9 Å². The fourth-order valence-corrected chi connectivity index (χ4v) is 7.82. The summed E-state index contributed by atoms with van der Waals surface area (Å²) >= 11 is 6.95. The first-order valence-electron chi connectivity index (χ1n) is 13.9. The van der Waals surface area contributed by atoms with Crippen molar-refractivity contribution in [2.75, 3.05) is 0 Å². The first-order valence-corrected chi connectivity index (χ1v) is 22.0. The molecule has 0 aromatic heterocycles. The van der Waals surface area contributed by atoms with Gasteiger partial charge in [-0.25, -0.2) is 0 Å². The Morgan fingerprint density at radius 1 is 0.562 bits per heavy atom. The van der Waals surface area contributed by atoms with E-state index in [1.807, 2.05) is 0 Å². The molecule has 0 unspecified atom stereocenters. The maximum atomic E-state index is 7.87. The van der Waals surface area contributed by atoms with Crippen molar-refractivity contribution in [1.82, 2.24) is 0 Å². The van der Waals surface area contributed by atoms with Crippen LogP contribution in [0.15, 0.2) is 0 Å². The van der Waals surface area contributed by atoms with E-state index in [1.54, 1.807) is 22.9 Å². The van der Waals surface area contributed by atoms with E-state index >= 15 is 0 Å². The summed E-state index contributed by atoms with van der Waals surface area (Å²) in [7, 11) is 0. The Bertz CT molecular complexity index is 369. The van der Waals surface area contributed by atoms with Gasteiger partial charge in [-0.15, -0.1) is 0 Å². The molecule has 0 heterocycles. The van der Waals surface area contributed by atoms with Crippen LogP contribution in [0.25, 0.3) is 0 Å². The molecule has 32 heavy (non-hydrogen) atoms. The molecule has 0 fully saturated rings. The van der Waals surface area contributed by atoms with Crippen molar-refractivity contribution in [3.05, 3.63) is 0 Å². The molecular weight excluding hydrogens is 505 g/mol.